The van der Waals surface area contributed by atoms with Crippen LogP contribution in [0.2, 0.25) is 5.02 Å². The van der Waals surface area contributed by atoms with Crippen molar-refractivity contribution in [2.75, 3.05) is 13.1 Å². The Hall–Kier alpha value is -1.00. The van der Waals surface area contributed by atoms with Crippen molar-refractivity contribution < 1.29 is 4.79 Å². The molecule has 3 aliphatic rings. The predicted molar refractivity (Wildman–Crippen MR) is 70.9 cm³/mol. The van der Waals surface area contributed by atoms with Crippen LogP contribution in [-0.2, 0) is 0 Å². The van der Waals surface area contributed by atoms with Crippen molar-refractivity contribution in [2.24, 2.45) is 5.92 Å². The molecule has 1 N–H and O–H groups in total. The third-order valence-electron chi connectivity index (χ3n) is 4.36. The van der Waals surface area contributed by atoms with Crippen molar-refractivity contribution >= 4 is 17.6 Å². The first kappa shape index (κ1) is 12.1. The van der Waals surface area contributed by atoms with Gasteiger partial charge in [-0.1, -0.05) is 11.6 Å². The summed E-state index contributed by atoms with van der Waals surface area (Å²) in [5.74, 6) is 0.625. The molecule has 4 heterocycles. The van der Waals surface area contributed by atoms with E-state index in [9.17, 15) is 4.79 Å². The molecule has 18 heavy (non-hydrogen) atoms. The lowest BCUT2D eigenvalue weighted by atomic mass is 9.79. The van der Waals surface area contributed by atoms with Crippen molar-refractivity contribution in [1.29, 1.82) is 0 Å². The molecular formula is C13H18ClN3O. The summed E-state index contributed by atoms with van der Waals surface area (Å²) in [5.41, 5.74) is 0. The number of fused-ring (bicyclic) bond motifs is 3. The number of carbonyl (C=O) groups excluding carboxylic acids is 1. The van der Waals surface area contributed by atoms with Crippen LogP contribution >= 0.6 is 11.6 Å². The molecule has 4 rings (SSSR count). The fourth-order valence-corrected chi connectivity index (χ4v) is 3.42. The summed E-state index contributed by atoms with van der Waals surface area (Å²) in [6, 6.07) is 2.35. The van der Waals surface area contributed by atoms with Gasteiger partial charge in [-0.15, -0.1) is 0 Å². The molecule has 3 fully saturated rings. The second-order valence-corrected chi connectivity index (χ2v) is 5.76. The normalized spacial score (nSPS) is 34.6. The zero-order valence-corrected chi connectivity index (χ0v) is 11.2. The summed E-state index contributed by atoms with van der Waals surface area (Å²) in [5, 5.41) is 3.74. The highest BCUT2D eigenvalue weighted by Gasteiger charge is 2.40. The van der Waals surface area contributed by atoms with Gasteiger partial charge < -0.3 is 5.32 Å². The lowest BCUT2D eigenvalue weighted by Gasteiger charge is -2.49. The third kappa shape index (κ3) is 2.04. The van der Waals surface area contributed by atoms with Crippen LogP contribution in [0.1, 0.15) is 19.8 Å². The van der Waals surface area contributed by atoms with Crippen LogP contribution in [0.3, 0.4) is 0 Å². The van der Waals surface area contributed by atoms with Gasteiger partial charge >= 0.3 is 6.03 Å². The molecule has 3 saturated heterocycles. The van der Waals surface area contributed by atoms with Crippen LogP contribution in [-0.4, -0.2) is 40.7 Å². The molecular weight excluding hydrogens is 250 g/mol. The van der Waals surface area contributed by atoms with E-state index in [-0.39, 0.29) is 12.1 Å². The summed E-state index contributed by atoms with van der Waals surface area (Å²) < 4.78 is 1.52. The van der Waals surface area contributed by atoms with Crippen molar-refractivity contribution in [1.82, 2.24) is 14.8 Å². The topological polar surface area (TPSA) is 37.3 Å². The van der Waals surface area contributed by atoms with E-state index in [1.807, 2.05) is 0 Å². The first-order valence-corrected chi connectivity index (χ1v) is 6.91. The van der Waals surface area contributed by atoms with Crippen LogP contribution in [0.5, 0.6) is 0 Å². The Morgan fingerprint density at radius 2 is 2.17 bits per heavy atom. The minimum absolute atomic E-state index is 0.0764. The zero-order valence-electron chi connectivity index (χ0n) is 10.5. The minimum Gasteiger partial charge on any atom is -0.333 e. The van der Waals surface area contributed by atoms with E-state index < -0.39 is 0 Å². The molecule has 0 aromatic carbocycles. The summed E-state index contributed by atoms with van der Waals surface area (Å²) in [7, 11) is 0. The summed E-state index contributed by atoms with van der Waals surface area (Å²) in [6.45, 7) is 4.56. The first-order chi connectivity index (χ1) is 8.65. The van der Waals surface area contributed by atoms with Crippen LogP contribution in [0.4, 0.5) is 4.79 Å². The van der Waals surface area contributed by atoms with E-state index in [2.05, 4.69) is 17.1 Å². The molecule has 0 saturated carbocycles. The number of nitrogens with one attached hydrogen (secondary N) is 1. The second-order valence-electron chi connectivity index (χ2n) is 5.33. The van der Waals surface area contributed by atoms with E-state index in [4.69, 9.17) is 11.6 Å². The summed E-state index contributed by atoms with van der Waals surface area (Å²) >= 11 is 5.83. The Labute approximate surface area is 112 Å². The summed E-state index contributed by atoms with van der Waals surface area (Å²) in [4.78, 5) is 14.6. The fraction of sp³-hybridized carbons (Fsp3) is 0.615. The standard InChI is InChI=1S/C13H18ClN3O/c1-9-12(10-2-5-16(9)6-3-10)15-13(18)17-7-4-11(14)8-17/h4,7-10,12H,2-3,5-6H2,1H3,(H,15,18)/t9-,12+/m1/s1. The zero-order chi connectivity index (χ0) is 12.7. The first-order valence-electron chi connectivity index (χ1n) is 6.53. The number of piperidine rings is 3. The predicted octanol–water partition coefficient (Wildman–Crippen LogP) is 2.18. The summed E-state index contributed by atoms with van der Waals surface area (Å²) in [6.07, 6.45) is 5.73. The van der Waals surface area contributed by atoms with Crippen molar-refractivity contribution in [3.8, 4) is 0 Å². The average molecular weight is 268 g/mol. The molecule has 2 atom stereocenters. The van der Waals surface area contributed by atoms with Gasteiger partial charge in [-0.2, -0.15) is 0 Å². The molecule has 1 aromatic heterocycles. The largest absolute Gasteiger partial charge is 0.333 e. The van der Waals surface area contributed by atoms with Crippen LogP contribution < -0.4 is 5.32 Å². The van der Waals surface area contributed by atoms with Gasteiger partial charge in [0.05, 0.1) is 5.02 Å². The molecule has 0 unspecified atom stereocenters. The lowest BCUT2D eigenvalue weighted by molar-refractivity contribution is 0.0267. The Bertz CT molecular complexity index is 449. The van der Waals surface area contributed by atoms with Gasteiger partial charge in [-0.05, 0) is 44.8 Å². The molecule has 0 radical (unpaired) electrons. The van der Waals surface area contributed by atoms with Gasteiger partial charge in [0.1, 0.15) is 0 Å². The maximum absolute atomic E-state index is 12.1. The Morgan fingerprint density at radius 3 is 2.72 bits per heavy atom. The van der Waals surface area contributed by atoms with Crippen LogP contribution in [0, 0.1) is 5.92 Å². The number of rotatable bonds is 1. The van der Waals surface area contributed by atoms with Crippen molar-refractivity contribution in [3.05, 3.63) is 23.5 Å². The molecule has 3 aliphatic heterocycles. The van der Waals surface area contributed by atoms with E-state index in [1.54, 1.807) is 18.5 Å². The third-order valence-corrected chi connectivity index (χ3v) is 4.58. The lowest BCUT2D eigenvalue weighted by Crippen LogP contribution is -2.62. The fourth-order valence-electron chi connectivity index (χ4n) is 3.26. The number of carbonyl (C=O) groups is 1. The van der Waals surface area contributed by atoms with Gasteiger partial charge in [0.2, 0.25) is 0 Å². The molecule has 1 amide bonds. The smallest absolute Gasteiger partial charge is 0.325 e. The van der Waals surface area contributed by atoms with Gasteiger partial charge in [0, 0.05) is 24.5 Å². The van der Waals surface area contributed by atoms with E-state index in [1.165, 1.54) is 30.5 Å². The monoisotopic (exact) mass is 267 g/mol. The Balaban J connectivity index is 1.71. The number of aromatic nitrogens is 1. The van der Waals surface area contributed by atoms with Gasteiger partial charge in [-0.25, -0.2) is 4.79 Å². The molecule has 98 valence electrons. The SMILES string of the molecule is C[C@@H]1[C@H](NC(=O)n2ccc(Cl)c2)C2CCN1CC2. The minimum atomic E-state index is -0.0764. The van der Waals surface area contributed by atoms with Gasteiger partial charge in [0.25, 0.3) is 0 Å². The van der Waals surface area contributed by atoms with Gasteiger partial charge in [0.15, 0.2) is 0 Å². The van der Waals surface area contributed by atoms with Crippen molar-refractivity contribution in [3.63, 3.8) is 0 Å². The average Bonchev–Trinajstić information content (AvgIpc) is 2.81. The quantitative estimate of drug-likeness (QED) is 0.847. The molecule has 0 spiro atoms. The highest BCUT2D eigenvalue weighted by atomic mass is 35.5. The maximum Gasteiger partial charge on any atom is 0.325 e. The molecule has 5 heteroatoms. The molecule has 2 bridgehead atoms. The second kappa shape index (κ2) is 4.59. The Morgan fingerprint density at radius 1 is 1.44 bits per heavy atom. The highest BCUT2D eigenvalue weighted by Crippen LogP contribution is 2.32. The van der Waals surface area contributed by atoms with Gasteiger partial charge in [-0.3, -0.25) is 9.47 Å². The molecule has 0 aliphatic carbocycles. The number of hydrogen-bond donors (Lipinski definition) is 1. The van der Waals surface area contributed by atoms with Crippen LogP contribution in [0.15, 0.2) is 18.5 Å². The van der Waals surface area contributed by atoms with Crippen molar-refractivity contribution in [2.45, 2.75) is 31.8 Å². The number of amides is 1. The highest BCUT2D eigenvalue weighted by molar-refractivity contribution is 6.30. The molecule has 4 nitrogen and oxygen atoms in total. The molecule has 1 aromatic rings. The Kier molecular flexibility index (Phi) is 3.08. The van der Waals surface area contributed by atoms with E-state index >= 15 is 0 Å². The number of halogens is 1. The number of hydrogen-bond acceptors (Lipinski definition) is 2. The van der Waals surface area contributed by atoms with E-state index in [0.29, 0.717) is 17.0 Å². The van der Waals surface area contributed by atoms with E-state index in [0.717, 1.165) is 0 Å². The van der Waals surface area contributed by atoms with Crippen LogP contribution in [0.25, 0.3) is 0 Å². The maximum atomic E-state index is 12.1. The number of nitrogens with zero attached hydrogens (tertiary/aromatic N) is 2.